The Labute approximate surface area is 174 Å². The Morgan fingerprint density at radius 3 is 1.18 bits per heavy atom. The molecule has 0 saturated heterocycles. The lowest BCUT2D eigenvalue weighted by molar-refractivity contribution is -0.120. The van der Waals surface area contributed by atoms with E-state index >= 15 is 0 Å². The highest BCUT2D eigenvalue weighted by atomic mass is 16.6. The maximum Gasteiger partial charge on any atom is 0.134 e. The zero-order valence-corrected chi connectivity index (χ0v) is 20.3. The summed E-state index contributed by atoms with van der Waals surface area (Å²) >= 11 is 0. The third-order valence-corrected chi connectivity index (χ3v) is 5.49. The Morgan fingerprint density at radius 1 is 0.571 bits per heavy atom. The predicted octanol–water partition coefficient (Wildman–Crippen LogP) is 6.77. The van der Waals surface area contributed by atoms with E-state index in [0.717, 1.165) is 50.0 Å². The SMILES string of the molecule is CCC(C)(C)OCC(C)(C)OC1=C(OC(C)(C)COC(C)(C)CC)CCCC1. The summed E-state index contributed by atoms with van der Waals surface area (Å²) in [6, 6.07) is 0. The van der Waals surface area contributed by atoms with Crippen LogP contribution in [0.25, 0.3) is 0 Å². The molecule has 0 fully saturated rings. The summed E-state index contributed by atoms with van der Waals surface area (Å²) in [5.41, 5.74) is -1.05. The molecule has 0 amide bonds. The van der Waals surface area contributed by atoms with Crippen LogP contribution in [-0.2, 0) is 18.9 Å². The van der Waals surface area contributed by atoms with Crippen LogP contribution in [0.15, 0.2) is 11.5 Å². The fourth-order valence-electron chi connectivity index (χ4n) is 2.73. The number of allylic oxidation sites excluding steroid dienone is 2. The minimum atomic E-state index is -0.390. The van der Waals surface area contributed by atoms with Gasteiger partial charge in [-0.1, -0.05) is 13.8 Å². The molecule has 0 aliphatic heterocycles. The quantitative estimate of drug-likeness (QED) is 0.363. The zero-order valence-electron chi connectivity index (χ0n) is 20.3. The van der Waals surface area contributed by atoms with Crippen LogP contribution in [0.5, 0.6) is 0 Å². The summed E-state index contributed by atoms with van der Waals surface area (Å²) in [5.74, 6) is 1.97. The second-order valence-electron chi connectivity index (χ2n) is 10.6. The average molecular weight is 399 g/mol. The highest BCUT2D eigenvalue weighted by Crippen LogP contribution is 2.33. The largest absolute Gasteiger partial charge is 0.486 e. The van der Waals surface area contributed by atoms with Crippen LogP contribution in [0.4, 0.5) is 0 Å². The Bertz CT molecular complexity index is 469. The number of rotatable bonds is 12. The maximum atomic E-state index is 6.43. The van der Waals surface area contributed by atoms with Gasteiger partial charge in [-0.25, -0.2) is 0 Å². The summed E-state index contributed by atoms with van der Waals surface area (Å²) < 4.78 is 25.1. The second-order valence-corrected chi connectivity index (χ2v) is 10.6. The van der Waals surface area contributed by atoms with Gasteiger partial charge in [0.15, 0.2) is 0 Å². The van der Waals surface area contributed by atoms with Crippen molar-refractivity contribution >= 4 is 0 Å². The van der Waals surface area contributed by atoms with E-state index in [9.17, 15) is 0 Å². The van der Waals surface area contributed by atoms with Gasteiger partial charge in [0, 0.05) is 12.8 Å². The molecule has 0 aromatic carbocycles. The van der Waals surface area contributed by atoms with Gasteiger partial charge >= 0.3 is 0 Å². The lowest BCUT2D eigenvalue weighted by Crippen LogP contribution is -2.38. The first kappa shape index (κ1) is 25.3. The average Bonchev–Trinajstić information content (AvgIpc) is 2.60. The highest BCUT2D eigenvalue weighted by molar-refractivity contribution is 5.08. The van der Waals surface area contributed by atoms with Crippen LogP contribution in [0.3, 0.4) is 0 Å². The fourth-order valence-corrected chi connectivity index (χ4v) is 2.73. The topological polar surface area (TPSA) is 36.9 Å². The van der Waals surface area contributed by atoms with Gasteiger partial charge in [-0.05, 0) is 81.1 Å². The molecule has 0 bridgehead atoms. The summed E-state index contributed by atoms with van der Waals surface area (Å²) in [7, 11) is 0. The molecular weight excluding hydrogens is 352 g/mol. The van der Waals surface area contributed by atoms with Gasteiger partial charge in [0.1, 0.15) is 22.7 Å². The van der Waals surface area contributed by atoms with E-state index in [1.54, 1.807) is 0 Å². The minimum Gasteiger partial charge on any atom is -0.486 e. The fraction of sp³-hybridized carbons (Fsp3) is 0.917. The van der Waals surface area contributed by atoms with Gasteiger partial charge in [0.05, 0.1) is 24.4 Å². The lowest BCUT2D eigenvalue weighted by atomic mass is 10.0. The minimum absolute atomic E-state index is 0.133. The van der Waals surface area contributed by atoms with Crippen LogP contribution in [0, 0.1) is 0 Å². The molecule has 0 saturated carbocycles. The normalized spacial score (nSPS) is 17.1. The zero-order chi connectivity index (χ0) is 21.6. The van der Waals surface area contributed by atoms with Crippen molar-refractivity contribution in [3.8, 4) is 0 Å². The van der Waals surface area contributed by atoms with Gasteiger partial charge in [0.2, 0.25) is 0 Å². The van der Waals surface area contributed by atoms with Crippen molar-refractivity contribution in [2.24, 2.45) is 0 Å². The summed E-state index contributed by atoms with van der Waals surface area (Å²) in [6.07, 6.45) is 6.07. The third-order valence-electron chi connectivity index (χ3n) is 5.49. The predicted molar refractivity (Wildman–Crippen MR) is 116 cm³/mol. The molecule has 4 heteroatoms. The third kappa shape index (κ3) is 9.17. The first-order valence-electron chi connectivity index (χ1n) is 11.1. The Kier molecular flexibility index (Phi) is 8.89. The second kappa shape index (κ2) is 9.84. The van der Waals surface area contributed by atoms with Gasteiger partial charge in [-0.3, -0.25) is 0 Å². The van der Waals surface area contributed by atoms with Gasteiger partial charge < -0.3 is 18.9 Å². The molecule has 166 valence electrons. The summed E-state index contributed by atoms with van der Waals surface area (Å²) in [5, 5.41) is 0. The Hall–Kier alpha value is -0.740. The molecule has 0 spiro atoms. The van der Waals surface area contributed by atoms with E-state index in [0.29, 0.717) is 13.2 Å². The van der Waals surface area contributed by atoms with Crippen molar-refractivity contribution in [2.75, 3.05) is 13.2 Å². The van der Waals surface area contributed by atoms with Crippen molar-refractivity contribution in [2.45, 2.75) is 130 Å². The standard InChI is InChI=1S/C24H46O4/c1-11-21(3,4)25-17-23(7,8)27-19-15-13-14-16-20(19)28-24(9,10)18-26-22(5,6)12-2/h11-18H2,1-10H3. The van der Waals surface area contributed by atoms with Crippen LogP contribution in [0.1, 0.15) is 108 Å². The molecule has 0 N–H and O–H groups in total. The molecule has 0 unspecified atom stereocenters. The molecule has 0 radical (unpaired) electrons. The molecule has 4 nitrogen and oxygen atoms in total. The maximum absolute atomic E-state index is 6.43. The molecule has 28 heavy (non-hydrogen) atoms. The van der Waals surface area contributed by atoms with Crippen molar-refractivity contribution in [3.63, 3.8) is 0 Å². The smallest absolute Gasteiger partial charge is 0.134 e. The van der Waals surface area contributed by atoms with E-state index < -0.39 is 11.2 Å². The molecular formula is C24H46O4. The van der Waals surface area contributed by atoms with E-state index in [1.165, 1.54) is 0 Å². The molecule has 0 atom stereocenters. The Morgan fingerprint density at radius 2 is 0.893 bits per heavy atom. The molecule has 0 heterocycles. The van der Waals surface area contributed by atoms with Gasteiger partial charge in [0.25, 0.3) is 0 Å². The first-order valence-corrected chi connectivity index (χ1v) is 11.1. The molecule has 0 aromatic heterocycles. The van der Waals surface area contributed by atoms with Crippen molar-refractivity contribution in [1.82, 2.24) is 0 Å². The van der Waals surface area contributed by atoms with E-state index in [-0.39, 0.29) is 11.2 Å². The molecule has 1 aliphatic rings. The summed E-state index contributed by atoms with van der Waals surface area (Å²) in [4.78, 5) is 0. The van der Waals surface area contributed by atoms with Crippen LogP contribution in [-0.4, -0.2) is 35.6 Å². The number of hydrogen-bond donors (Lipinski definition) is 0. The lowest BCUT2D eigenvalue weighted by Gasteiger charge is -2.37. The van der Waals surface area contributed by atoms with Crippen LogP contribution >= 0.6 is 0 Å². The molecule has 0 aromatic rings. The van der Waals surface area contributed by atoms with E-state index in [2.05, 4.69) is 69.2 Å². The monoisotopic (exact) mass is 398 g/mol. The Balaban J connectivity index is 2.81. The highest BCUT2D eigenvalue weighted by Gasteiger charge is 2.31. The van der Waals surface area contributed by atoms with Crippen molar-refractivity contribution in [1.29, 1.82) is 0 Å². The van der Waals surface area contributed by atoms with Crippen LogP contribution in [0.2, 0.25) is 0 Å². The van der Waals surface area contributed by atoms with Gasteiger partial charge in [-0.2, -0.15) is 0 Å². The summed E-state index contributed by atoms with van der Waals surface area (Å²) in [6.45, 7) is 22.3. The van der Waals surface area contributed by atoms with Crippen LogP contribution < -0.4 is 0 Å². The molecule has 1 aliphatic carbocycles. The molecule has 1 rings (SSSR count). The number of hydrogen-bond acceptors (Lipinski definition) is 4. The van der Waals surface area contributed by atoms with E-state index in [1.807, 2.05) is 0 Å². The van der Waals surface area contributed by atoms with E-state index in [4.69, 9.17) is 18.9 Å². The van der Waals surface area contributed by atoms with Gasteiger partial charge in [-0.15, -0.1) is 0 Å². The first-order chi connectivity index (χ1) is 12.7. The van der Waals surface area contributed by atoms with Crippen molar-refractivity contribution < 1.29 is 18.9 Å². The number of ether oxygens (including phenoxy) is 4. The van der Waals surface area contributed by atoms with Crippen molar-refractivity contribution in [3.05, 3.63) is 11.5 Å².